The van der Waals surface area contributed by atoms with E-state index in [0.717, 1.165) is 13.0 Å². The lowest BCUT2D eigenvalue weighted by molar-refractivity contribution is 0.102. The average Bonchev–Trinajstić information content (AvgIpc) is 2.46. The third-order valence-electron chi connectivity index (χ3n) is 3.03. The Balaban J connectivity index is 1.97. The van der Waals surface area contributed by atoms with Gasteiger partial charge in [0.2, 0.25) is 0 Å². The van der Waals surface area contributed by atoms with E-state index in [4.69, 9.17) is 23.2 Å². The molecule has 0 spiro atoms. The highest BCUT2D eigenvalue weighted by molar-refractivity contribution is 6.35. The van der Waals surface area contributed by atoms with Gasteiger partial charge in [0.15, 0.2) is 0 Å². The highest BCUT2D eigenvalue weighted by atomic mass is 35.5. The monoisotopic (exact) mass is 352 g/mol. The molecule has 7 heteroatoms. The predicted molar refractivity (Wildman–Crippen MR) is 94.4 cm³/mol. The summed E-state index contributed by atoms with van der Waals surface area (Å²) in [7, 11) is 0. The van der Waals surface area contributed by atoms with Crippen LogP contribution in [0, 0.1) is 5.92 Å². The molecule has 1 aromatic heterocycles. The summed E-state index contributed by atoms with van der Waals surface area (Å²) in [4.78, 5) is 20.4. The first-order valence-corrected chi connectivity index (χ1v) is 8.03. The van der Waals surface area contributed by atoms with Crippen LogP contribution in [0.25, 0.3) is 0 Å². The second kappa shape index (κ2) is 8.13. The van der Waals surface area contributed by atoms with Crippen molar-refractivity contribution in [2.24, 2.45) is 5.92 Å². The largest absolute Gasteiger partial charge is 0.369 e. The van der Waals surface area contributed by atoms with Crippen molar-refractivity contribution in [3.05, 3.63) is 46.3 Å². The Bertz CT molecular complexity index is 654. The fourth-order valence-corrected chi connectivity index (χ4v) is 2.37. The zero-order valence-corrected chi connectivity index (χ0v) is 14.4. The van der Waals surface area contributed by atoms with Gasteiger partial charge in [-0.3, -0.25) is 4.79 Å². The Morgan fingerprint density at radius 2 is 1.83 bits per heavy atom. The molecule has 122 valence electrons. The van der Waals surface area contributed by atoms with Crippen LogP contribution in [0.5, 0.6) is 0 Å². The number of benzene rings is 1. The number of nitrogens with zero attached hydrogens (tertiary/aromatic N) is 2. The molecule has 2 aromatic rings. The number of amides is 1. The number of anilines is 2. The minimum Gasteiger partial charge on any atom is -0.369 e. The molecule has 0 atom stereocenters. The van der Waals surface area contributed by atoms with Crippen molar-refractivity contribution in [1.29, 1.82) is 0 Å². The van der Waals surface area contributed by atoms with E-state index in [1.807, 2.05) is 0 Å². The zero-order chi connectivity index (χ0) is 16.8. The first kappa shape index (κ1) is 17.5. The summed E-state index contributed by atoms with van der Waals surface area (Å²) < 4.78 is 0. The van der Waals surface area contributed by atoms with Gasteiger partial charge in [0.1, 0.15) is 11.5 Å². The second-order valence-corrected chi connectivity index (χ2v) is 6.38. The fourth-order valence-electron chi connectivity index (χ4n) is 1.85. The Morgan fingerprint density at radius 3 is 2.39 bits per heavy atom. The minimum absolute atomic E-state index is 0.218. The molecule has 0 saturated carbocycles. The topological polar surface area (TPSA) is 66.9 Å². The maximum absolute atomic E-state index is 12.1. The SMILES string of the molecule is CC(C)CCNc1cnc(C(=O)Nc2cc(Cl)cc(Cl)c2)cn1. The van der Waals surface area contributed by atoms with Crippen LogP contribution in [-0.4, -0.2) is 22.4 Å². The van der Waals surface area contributed by atoms with E-state index in [2.05, 4.69) is 34.4 Å². The molecule has 0 radical (unpaired) electrons. The van der Waals surface area contributed by atoms with Crippen molar-refractivity contribution in [3.8, 4) is 0 Å². The zero-order valence-electron chi connectivity index (χ0n) is 12.9. The number of carbonyl (C=O) groups is 1. The van der Waals surface area contributed by atoms with Gasteiger partial charge < -0.3 is 10.6 Å². The summed E-state index contributed by atoms with van der Waals surface area (Å²) in [6.07, 6.45) is 4.01. The summed E-state index contributed by atoms with van der Waals surface area (Å²) in [6, 6.07) is 4.82. The number of nitrogens with one attached hydrogen (secondary N) is 2. The van der Waals surface area contributed by atoms with Crippen LogP contribution >= 0.6 is 23.2 Å². The molecule has 2 rings (SSSR count). The maximum Gasteiger partial charge on any atom is 0.275 e. The molecule has 1 aromatic carbocycles. The van der Waals surface area contributed by atoms with Crippen LogP contribution in [0.3, 0.4) is 0 Å². The number of halogens is 2. The lowest BCUT2D eigenvalue weighted by atomic mass is 10.1. The maximum atomic E-state index is 12.1. The van der Waals surface area contributed by atoms with E-state index in [0.29, 0.717) is 27.5 Å². The van der Waals surface area contributed by atoms with Crippen LogP contribution < -0.4 is 10.6 Å². The molecule has 23 heavy (non-hydrogen) atoms. The summed E-state index contributed by atoms with van der Waals surface area (Å²) in [6.45, 7) is 5.13. The quantitative estimate of drug-likeness (QED) is 0.803. The van der Waals surface area contributed by atoms with E-state index in [1.165, 1.54) is 6.20 Å². The van der Waals surface area contributed by atoms with Gasteiger partial charge in [0, 0.05) is 22.3 Å². The lowest BCUT2D eigenvalue weighted by Gasteiger charge is -2.08. The molecular formula is C16H18Cl2N4O. The van der Waals surface area contributed by atoms with E-state index in [-0.39, 0.29) is 11.6 Å². The van der Waals surface area contributed by atoms with Crippen molar-refractivity contribution in [1.82, 2.24) is 9.97 Å². The lowest BCUT2D eigenvalue weighted by Crippen LogP contribution is -2.15. The summed E-state index contributed by atoms with van der Waals surface area (Å²) >= 11 is 11.8. The standard InChI is InChI=1S/C16H18Cl2N4O/c1-10(2)3-4-19-15-9-20-14(8-21-15)16(23)22-13-6-11(17)5-12(18)7-13/h5-10H,3-4H2,1-2H3,(H,19,21)(H,22,23). The number of hydrogen-bond acceptors (Lipinski definition) is 4. The number of hydrogen-bond donors (Lipinski definition) is 2. The molecule has 5 nitrogen and oxygen atoms in total. The van der Waals surface area contributed by atoms with Crippen LogP contribution in [0.2, 0.25) is 10.0 Å². The first-order chi connectivity index (χ1) is 10.9. The fraction of sp³-hybridized carbons (Fsp3) is 0.312. The van der Waals surface area contributed by atoms with Crippen LogP contribution in [0.15, 0.2) is 30.6 Å². The van der Waals surface area contributed by atoms with Crippen molar-refractivity contribution >= 4 is 40.6 Å². The number of carbonyl (C=O) groups excluding carboxylic acids is 1. The van der Waals surface area contributed by atoms with Gasteiger partial charge in [-0.1, -0.05) is 37.0 Å². The van der Waals surface area contributed by atoms with Gasteiger partial charge >= 0.3 is 0 Å². The van der Waals surface area contributed by atoms with Gasteiger partial charge in [-0.25, -0.2) is 9.97 Å². The van der Waals surface area contributed by atoms with Gasteiger partial charge in [0.25, 0.3) is 5.91 Å². The molecule has 0 bridgehead atoms. The van der Waals surface area contributed by atoms with Gasteiger partial charge in [-0.2, -0.15) is 0 Å². The summed E-state index contributed by atoms with van der Waals surface area (Å²) in [5.74, 6) is 0.891. The average molecular weight is 353 g/mol. The number of aromatic nitrogens is 2. The smallest absolute Gasteiger partial charge is 0.275 e. The Hall–Kier alpha value is -1.85. The third-order valence-corrected chi connectivity index (χ3v) is 3.47. The van der Waals surface area contributed by atoms with E-state index >= 15 is 0 Å². The van der Waals surface area contributed by atoms with Gasteiger partial charge in [-0.15, -0.1) is 0 Å². The predicted octanol–water partition coefficient (Wildman–Crippen LogP) is 4.49. The summed E-state index contributed by atoms with van der Waals surface area (Å²) in [5, 5.41) is 6.75. The molecule has 0 aliphatic heterocycles. The Morgan fingerprint density at radius 1 is 1.13 bits per heavy atom. The van der Waals surface area contributed by atoms with Crippen LogP contribution in [0.1, 0.15) is 30.8 Å². The molecule has 0 fully saturated rings. The normalized spacial score (nSPS) is 10.7. The molecule has 1 amide bonds. The Kier molecular flexibility index (Phi) is 6.19. The molecule has 0 saturated heterocycles. The molecular weight excluding hydrogens is 335 g/mol. The molecule has 0 unspecified atom stereocenters. The Labute approximate surface area is 145 Å². The van der Waals surface area contributed by atoms with Crippen LogP contribution in [0.4, 0.5) is 11.5 Å². The first-order valence-electron chi connectivity index (χ1n) is 7.27. The van der Waals surface area contributed by atoms with Gasteiger partial charge in [0.05, 0.1) is 12.4 Å². The molecule has 0 aliphatic rings. The van der Waals surface area contributed by atoms with Crippen molar-refractivity contribution in [3.63, 3.8) is 0 Å². The van der Waals surface area contributed by atoms with Crippen molar-refractivity contribution < 1.29 is 4.79 Å². The van der Waals surface area contributed by atoms with E-state index < -0.39 is 0 Å². The second-order valence-electron chi connectivity index (χ2n) is 5.51. The molecule has 0 aliphatic carbocycles. The summed E-state index contributed by atoms with van der Waals surface area (Å²) in [5.41, 5.74) is 0.726. The minimum atomic E-state index is -0.371. The molecule has 1 heterocycles. The van der Waals surface area contributed by atoms with Gasteiger partial charge in [-0.05, 0) is 30.5 Å². The van der Waals surface area contributed by atoms with Crippen LogP contribution in [-0.2, 0) is 0 Å². The highest BCUT2D eigenvalue weighted by Crippen LogP contribution is 2.22. The number of rotatable bonds is 6. The van der Waals surface area contributed by atoms with Crippen molar-refractivity contribution in [2.45, 2.75) is 20.3 Å². The van der Waals surface area contributed by atoms with E-state index in [1.54, 1.807) is 24.4 Å². The third kappa shape index (κ3) is 5.69. The van der Waals surface area contributed by atoms with E-state index in [9.17, 15) is 4.79 Å². The highest BCUT2D eigenvalue weighted by Gasteiger charge is 2.09. The molecule has 2 N–H and O–H groups in total. The van der Waals surface area contributed by atoms with Crippen molar-refractivity contribution in [2.75, 3.05) is 17.2 Å².